The number of benzene rings is 1. The molecule has 0 amide bonds. The molecule has 24 heavy (non-hydrogen) atoms. The van der Waals surface area contributed by atoms with Crippen molar-refractivity contribution in [3.63, 3.8) is 0 Å². The maximum absolute atomic E-state index is 11.5. The summed E-state index contributed by atoms with van der Waals surface area (Å²) in [6, 6.07) is 6.00. The molecule has 1 aromatic carbocycles. The first-order valence-corrected chi connectivity index (χ1v) is 8.89. The van der Waals surface area contributed by atoms with Gasteiger partial charge < -0.3 is 10.2 Å². The number of carbonyl (C=O) groups is 1. The summed E-state index contributed by atoms with van der Waals surface area (Å²) >= 11 is 6.15. The van der Waals surface area contributed by atoms with Crippen LogP contribution in [0.1, 0.15) is 36.0 Å². The summed E-state index contributed by atoms with van der Waals surface area (Å²) in [5.74, 6) is 0.771. The Morgan fingerprint density at radius 1 is 1.29 bits per heavy atom. The third-order valence-corrected chi connectivity index (χ3v) is 5.04. The van der Waals surface area contributed by atoms with Crippen molar-refractivity contribution in [2.45, 2.75) is 31.7 Å². The van der Waals surface area contributed by atoms with Crippen molar-refractivity contribution >= 4 is 34.5 Å². The van der Waals surface area contributed by atoms with Crippen molar-refractivity contribution in [3.8, 4) is 0 Å². The maximum atomic E-state index is 11.5. The molecule has 0 bridgehead atoms. The van der Waals surface area contributed by atoms with E-state index < -0.39 is 0 Å². The van der Waals surface area contributed by atoms with Gasteiger partial charge in [-0.25, -0.2) is 0 Å². The zero-order valence-electron chi connectivity index (χ0n) is 14.3. The van der Waals surface area contributed by atoms with Crippen LogP contribution in [0.15, 0.2) is 24.4 Å². The van der Waals surface area contributed by atoms with Gasteiger partial charge in [-0.3, -0.25) is 9.78 Å². The topological polar surface area (TPSA) is 45.2 Å². The molecule has 1 aliphatic rings. The Bertz CT molecular complexity index is 724. The van der Waals surface area contributed by atoms with Gasteiger partial charge >= 0.3 is 0 Å². The molecule has 1 saturated carbocycles. The van der Waals surface area contributed by atoms with Gasteiger partial charge in [-0.1, -0.05) is 11.6 Å². The number of nitrogens with zero attached hydrogens (tertiary/aromatic N) is 2. The van der Waals surface area contributed by atoms with Crippen LogP contribution in [0.3, 0.4) is 0 Å². The van der Waals surface area contributed by atoms with Crippen LogP contribution < -0.4 is 5.32 Å². The summed E-state index contributed by atoms with van der Waals surface area (Å²) in [6.07, 6.45) is 7.20. The van der Waals surface area contributed by atoms with Crippen LogP contribution in [0.5, 0.6) is 0 Å². The minimum absolute atomic E-state index is 0.395. The monoisotopic (exact) mass is 345 g/mol. The van der Waals surface area contributed by atoms with Gasteiger partial charge in [0.1, 0.15) is 0 Å². The molecule has 0 radical (unpaired) electrons. The molecule has 128 valence electrons. The largest absolute Gasteiger partial charge is 0.381 e. The molecule has 1 fully saturated rings. The molecular formula is C19H24ClN3O. The lowest BCUT2D eigenvalue weighted by Crippen LogP contribution is -2.31. The molecule has 1 N–H and O–H groups in total. The fourth-order valence-electron chi connectivity index (χ4n) is 3.64. The molecule has 3 rings (SSSR count). The number of fused-ring (bicyclic) bond motifs is 1. The Morgan fingerprint density at radius 2 is 2.04 bits per heavy atom. The Balaban J connectivity index is 1.80. The van der Waals surface area contributed by atoms with E-state index in [4.69, 9.17) is 11.6 Å². The van der Waals surface area contributed by atoms with E-state index in [1.165, 1.54) is 12.8 Å². The van der Waals surface area contributed by atoms with E-state index in [1.54, 1.807) is 6.20 Å². The minimum Gasteiger partial charge on any atom is -0.381 e. The third-order valence-electron chi connectivity index (χ3n) is 4.80. The van der Waals surface area contributed by atoms with E-state index in [-0.39, 0.29) is 0 Å². The van der Waals surface area contributed by atoms with Crippen LogP contribution in [-0.4, -0.2) is 42.9 Å². The number of halogens is 1. The highest BCUT2D eigenvalue weighted by molar-refractivity contribution is 6.31. The summed E-state index contributed by atoms with van der Waals surface area (Å²) in [7, 11) is 4.26. The summed E-state index contributed by atoms with van der Waals surface area (Å²) in [4.78, 5) is 18.1. The highest BCUT2D eigenvalue weighted by Gasteiger charge is 2.22. The van der Waals surface area contributed by atoms with E-state index in [2.05, 4.69) is 29.3 Å². The lowest BCUT2D eigenvalue weighted by Gasteiger charge is -2.31. The molecule has 0 atom stereocenters. The molecule has 1 aliphatic carbocycles. The van der Waals surface area contributed by atoms with Gasteiger partial charge in [0.25, 0.3) is 0 Å². The normalized spacial score (nSPS) is 21.2. The number of pyridine rings is 1. The average Bonchev–Trinajstić information content (AvgIpc) is 2.56. The summed E-state index contributed by atoms with van der Waals surface area (Å²) < 4.78 is 0. The van der Waals surface area contributed by atoms with Crippen molar-refractivity contribution < 1.29 is 4.79 Å². The summed E-state index contributed by atoms with van der Waals surface area (Å²) in [5.41, 5.74) is 2.32. The smallest absolute Gasteiger partial charge is 0.153 e. The zero-order chi connectivity index (χ0) is 17.1. The molecule has 1 aromatic heterocycles. The van der Waals surface area contributed by atoms with Crippen molar-refractivity contribution in [1.82, 2.24) is 9.88 Å². The number of carbonyl (C=O) groups excluding carboxylic acids is 1. The minimum atomic E-state index is 0.395. The first kappa shape index (κ1) is 17.2. The van der Waals surface area contributed by atoms with Crippen LogP contribution in [-0.2, 0) is 0 Å². The van der Waals surface area contributed by atoms with Gasteiger partial charge in [-0.05, 0) is 63.9 Å². The molecule has 4 nitrogen and oxygen atoms in total. The van der Waals surface area contributed by atoms with E-state index >= 15 is 0 Å². The Hall–Kier alpha value is -1.65. The van der Waals surface area contributed by atoms with Crippen LogP contribution in [0.4, 0.5) is 5.69 Å². The summed E-state index contributed by atoms with van der Waals surface area (Å²) in [6.45, 7) is 1.15. The summed E-state index contributed by atoms with van der Waals surface area (Å²) in [5, 5.41) is 5.18. The van der Waals surface area contributed by atoms with Gasteiger partial charge in [-0.2, -0.15) is 0 Å². The number of anilines is 1. The molecule has 0 aliphatic heterocycles. The average molecular weight is 346 g/mol. The predicted octanol–water partition coefficient (Wildman–Crippen LogP) is 4.23. The van der Waals surface area contributed by atoms with Crippen LogP contribution in [0.2, 0.25) is 5.02 Å². The lowest BCUT2D eigenvalue weighted by atomic mass is 9.85. The molecule has 5 heteroatoms. The number of aromatic nitrogens is 1. The Labute approximate surface area is 148 Å². The molecule has 2 aromatic rings. The lowest BCUT2D eigenvalue weighted by molar-refractivity contribution is 0.112. The van der Waals surface area contributed by atoms with Gasteiger partial charge in [0, 0.05) is 29.2 Å². The quantitative estimate of drug-likeness (QED) is 0.823. The van der Waals surface area contributed by atoms with E-state index in [0.717, 1.165) is 48.2 Å². The van der Waals surface area contributed by atoms with E-state index in [9.17, 15) is 4.79 Å². The van der Waals surface area contributed by atoms with Gasteiger partial charge in [0.05, 0.1) is 16.8 Å². The second kappa shape index (κ2) is 7.49. The molecule has 0 saturated heterocycles. The van der Waals surface area contributed by atoms with Crippen LogP contribution >= 0.6 is 11.6 Å². The second-order valence-electron chi connectivity index (χ2n) is 6.99. The Kier molecular flexibility index (Phi) is 5.36. The van der Waals surface area contributed by atoms with E-state index in [0.29, 0.717) is 16.6 Å². The highest BCUT2D eigenvalue weighted by Crippen LogP contribution is 2.32. The van der Waals surface area contributed by atoms with Gasteiger partial charge in [0.2, 0.25) is 0 Å². The Morgan fingerprint density at radius 3 is 2.71 bits per heavy atom. The SMILES string of the molecule is CN(C)C[C@H]1CC[C@H](Nc2c(C=O)cnc3ccc(Cl)cc23)CC1. The highest BCUT2D eigenvalue weighted by atomic mass is 35.5. The molecular weight excluding hydrogens is 322 g/mol. The van der Waals surface area contributed by atoms with Gasteiger partial charge in [0.15, 0.2) is 6.29 Å². The van der Waals surface area contributed by atoms with Crippen molar-refractivity contribution in [2.24, 2.45) is 5.92 Å². The molecule has 1 heterocycles. The molecule has 0 unspecified atom stereocenters. The van der Waals surface area contributed by atoms with Crippen molar-refractivity contribution in [3.05, 3.63) is 35.0 Å². The van der Waals surface area contributed by atoms with Crippen molar-refractivity contribution in [1.29, 1.82) is 0 Å². The number of nitrogens with one attached hydrogen (secondary N) is 1. The number of hydrogen-bond acceptors (Lipinski definition) is 4. The standard InChI is InChI=1S/C19H24ClN3O/c1-23(2)11-13-3-6-16(7-4-13)22-19-14(12-24)10-21-18-8-5-15(20)9-17(18)19/h5,8-10,12-13,16H,3-4,6-7,11H2,1-2H3,(H,21,22)/t13-,16-. The fourth-order valence-corrected chi connectivity index (χ4v) is 3.81. The van der Waals surface area contributed by atoms with Crippen LogP contribution in [0, 0.1) is 5.92 Å². The number of aldehydes is 1. The van der Waals surface area contributed by atoms with E-state index in [1.807, 2.05) is 18.2 Å². The first-order valence-electron chi connectivity index (χ1n) is 8.51. The predicted molar refractivity (Wildman–Crippen MR) is 100 cm³/mol. The number of rotatable bonds is 5. The maximum Gasteiger partial charge on any atom is 0.153 e. The van der Waals surface area contributed by atoms with Gasteiger partial charge in [-0.15, -0.1) is 0 Å². The number of hydrogen-bond donors (Lipinski definition) is 1. The first-order chi connectivity index (χ1) is 11.6. The van der Waals surface area contributed by atoms with Crippen molar-refractivity contribution in [2.75, 3.05) is 26.0 Å². The fraction of sp³-hybridized carbons (Fsp3) is 0.474. The second-order valence-corrected chi connectivity index (χ2v) is 7.43. The third kappa shape index (κ3) is 3.87. The zero-order valence-corrected chi connectivity index (χ0v) is 15.0. The van der Waals surface area contributed by atoms with Crippen LogP contribution in [0.25, 0.3) is 10.9 Å². The molecule has 0 spiro atoms.